The van der Waals surface area contributed by atoms with Crippen molar-refractivity contribution in [2.75, 3.05) is 20.6 Å². The average Bonchev–Trinajstić information content (AvgIpc) is 1.82. The van der Waals surface area contributed by atoms with E-state index in [0.717, 1.165) is 6.54 Å². The van der Waals surface area contributed by atoms with E-state index >= 15 is 0 Å². The molecule has 11 heavy (non-hydrogen) atoms. The predicted octanol–water partition coefficient (Wildman–Crippen LogP) is -2.98. The van der Waals surface area contributed by atoms with Crippen LogP contribution in [0.5, 0.6) is 0 Å². The second-order valence-corrected chi connectivity index (χ2v) is 2.98. The van der Waals surface area contributed by atoms with Crippen molar-refractivity contribution < 1.29 is 19.9 Å². The molecule has 0 saturated heterocycles. The van der Waals surface area contributed by atoms with E-state index in [1.165, 1.54) is 4.90 Å². The van der Waals surface area contributed by atoms with Crippen LogP contribution < -0.4 is 10.0 Å². The van der Waals surface area contributed by atoms with Gasteiger partial charge in [-0.25, -0.2) is 0 Å². The van der Waals surface area contributed by atoms with Gasteiger partial charge in [0.1, 0.15) is 0 Å². The zero-order valence-electron chi connectivity index (χ0n) is 6.96. The van der Waals surface area contributed by atoms with Gasteiger partial charge in [0.05, 0.1) is 26.7 Å². The Balaban J connectivity index is 3.37. The molecule has 4 nitrogen and oxygen atoms in total. The molecule has 0 heterocycles. The fourth-order valence-electron chi connectivity index (χ4n) is 0.750. The van der Waals surface area contributed by atoms with E-state index in [9.17, 15) is 9.90 Å². The molecule has 1 atom stereocenters. The third-order valence-corrected chi connectivity index (χ3v) is 1.38. The Morgan fingerprint density at radius 3 is 2.55 bits per heavy atom. The number of carboxylic acids is 1. The van der Waals surface area contributed by atoms with Crippen LogP contribution in [-0.2, 0) is 4.79 Å². The van der Waals surface area contributed by atoms with Gasteiger partial charge < -0.3 is 19.9 Å². The number of hydrogen-bond donors (Lipinski definition) is 2. The normalized spacial score (nSPS) is 13.5. The van der Waals surface area contributed by atoms with Crippen molar-refractivity contribution in [2.24, 2.45) is 0 Å². The number of hydrogen-bond acceptors (Lipinski definition) is 3. The molecule has 0 fully saturated rings. The highest BCUT2D eigenvalue weighted by molar-refractivity contribution is 5.64. The fourth-order valence-corrected chi connectivity index (χ4v) is 0.750. The van der Waals surface area contributed by atoms with Crippen LogP contribution in [0.15, 0.2) is 0 Å². The van der Waals surface area contributed by atoms with Crippen molar-refractivity contribution in [3.63, 3.8) is 0 Å². The van der Waals surface area contributed by atoms with Gasteiger partial charge in [-0.2, -0.15) is 0 Å². The van der Waals surface area contributed by atoms with Crippen LogP contribution in [0.25, 0.3) is 0 Å². The molecule has 2 N–H and O–H groups in total. The molecule has 0 aromatic heterocycles. The summed E-state index contributed by atoms with van der Waals surface area (Å²) >= 11 is 0. The van der Waals surface area contributed by atoms with E-state index < -0.39 is 12.1 Å². The van der Waals surface area contributed by atoms with Crippen LogP contribution >= 0.6 is 0 Å². The van der Waals surface area contributed by atoms with Crippen LogP contribution in [0.2, 0.25) is 0 Å². The van der Waals surface area contributed by atoms with Crippen LogP contribution in [0.4, 0.5) is 0 Å². The van der Waals surface area contributed by atoms with Crippen molar-refractivity contribution in [3.05, 3.63) is 0 Å². The number of carbonyl (C=O) groups is 1. The number of aliphatic hydroxyl groups is 1. The standard InChI is InChI=1S/C7H15NO3/c1-8(2)4-3-6(9)5-7(10)11/h6,9H,3-5H2,1-2H3,(H,10,11)/t6-/m0/s1. The Bertz CT molecular complexity index is 125. The molecule has 0 aromatic rings. The maximum absolute atomic E-state index is 9.98. The molecule has 0 bridgehead atoms. The summed E-state index contributed by atoms with van der Waals surface area (Å²) < 4.78 is 0. The van der Waals surface area contributed by atoms with Crippen molar-refractivity contribution >= 4 is 5.97 Å². The van der Waals surface area contributed by atoms with E-state index in [2.05, 4.69) is 0 Å². The minimum Gasteiger partial charge on any atom is -0.550 e. The van der Waals surface area contributed by atoms with E-state index in [4.69, 9.17) is 5.11 Å². The molecular weight excluding hydrogens is 146 g/mol. The first-order valence-corrected chi connectivity index (χ1v) is 3.69. The van der Waals surface area contributed by atoms with Gasteiger partial charge in [-0.1, -0.05) is 0 Å². The highest BCUT2D eigenvalue weighted by Gasteiger charge is 2.05. The van der Waals surface area contributed by atoms with Crippen LogP contribution in [0.3, 0.4) is 0 Å². The molecule has 0 radical (unpaired) electrons. The summed E-state index contributed by atoms with van der Waals surface area (Å²) in [5.41, 5.74) is 0. The van der Waals surface area contributed by atoms with Crippen LogP contribution in [0, 0.1) is 0 Å². The number of carbonyl (C=O) groups excluding carboxylic acids is 1. The second kappa shape index (κ2) is 5.09. The molecule has 0 aliphatic carbocycles. The summed E-state index contributed by atoms with van der Waals surface area (Å²) in [5.74, 6) is -1.19. The summed E-state index contributed by atoms with van der Waals surface area (Å²) in [6, 6.07) is 0. The molecule has 0 aliphatic heterocycles. The molecule has 4 heteroatoms. The van der Waals surface area contributed by atoms with Gasteiger partial charge in [0.15, 0.2) is 0 Å². The third-order valence-electron chi connectivity index (χ3n) is 1.38. The van der Waals surface area contributed by atoms with Gasteiger partial charge in [-0.3, -0.25) is 0 Å². The summed E-state index contributed by atoms with van der Waals surface area (Å²) in [7, 11) is 3.90. The summed E-state index contributed by atoms with van der Waals surface area (Å²) in [4.78, 5) is 11.2. The van der Waals surface area contributed by atoms with Crippen LogP contribution in [-0.4, -0.2) is 37.8 Å². The van der Waals surface area contributed by atoms with Gasteiger partial charge in [0.2, 0.25) is 0 Å². The first kappa shape index (κ1) is 10.4. The Morgan fingerprint density at radius 1 is 1.64 bits per heavy atom. The number of aliphatic carboxylic acids is 1. The Labute approximate surface area is 66.4 Å². The average molecular weight is 161 g/mol. The predicted molar refractivity (Wildman–Crippen MR) is 37.9 cm³/mol. The molecule has 0 unspecified atom stereocenters. The van der Waals surface area contributed by atoms with E-state index in [1.807, 2.05) is 14.1 Å². The summed E-state index contributed by atoms with van der Waals surface area (Å²) in [6.07, 6.45) is -0.501. The molecule has 0 amide bonds. The number of carboxylic acid groups (broad SMARTS) is 1. The first-order valence-electron chi connectivity index (χ1n) is 3.69. The monoisotopic (exact) mass is 161 g/mol. The quantitative estimate of drug-likeness (QED) is 0.452. The lowest BCUT2D eigenvalue weighted by Crippen LogP contribution is -3.05. The highest BCUT2D eigenvalue weighted by atomic mass is 16.4. The highest BCUT2D eigenvalue weighted by Crippen LogP contribution is 1.93. The Kier molecular flexibility index (Phi) is 4.81. The molecule has 0 saturated carbocycles. The first-order chi connectivity index (χ1) is 5.02. The zero-order valence-corrected chi connectivity index (χ0v) is 6.96. The second-order valence-electron chi connectivity index (χ2n) is 2.98. The van der Waals surface area contributed by atoms with Crippen molar-refractivity contribution in [1.82, 2.24) is 0 Å². The Morgan fingerprint density at radius 2 is 2.18 bits per heavy atom. The largest absolute Gasteiger partial charge is 0.550 e. The van der Waals surface area contributed by atoms with Gasteiger partial charge >= 0.3 is 0 Å². The SMILES string of the molecule is C[NH+](C)CC[C@H](O)CC(=O)[O-]. The van der Waals surface area contributed by atoms with Gasteiger partial charge in [-0.15, -0.1) is 0 Å². The molecular formula is C7H15NO3. The van der Waals surface area contributed by atoms with Crippen molar-refractivity contribution in [3.8, 4) is 0 Å². The van der Waals surface area contributed by atoms with E-state index in [1.54, 1.807) is 0 Å². The Hall–Kier alpha value is -0.610. The van der Waals surface area contributed by atoms with Crippen LogP contribution in [0.1, 0.15) is 12.8 Å². The molecule has 0 rings (SSSR count). The maximum Gasteiger partial charge on any atom is 0.0791 e. The van der Waals surface area contributed by atoms with Gasteiger partial charge in [-0.05, 0) is 0 Å². The number of aliphatic hydroxyl groups excluding tert-OH is 1. The maximum atomic E-state index is 9.98. The minimum atomic E-state index is -1.19. The smallest absolute Gasteiger partial charge is 0.0791 e. The lowest BCUT2D eigenvalue weighted by atomic mass is 10.2. The number of quaternary nitrogens is 1. The molecule has 0 spiro atoms. The lowest BCUT2D eigenvalue weighted by Gasteiger charge is -2.12. The molecule has 0 aromatic carbocycles. The van der Waals surface area contributed by atoms with Gasteiger partial charge in [0.25, 0.3) is 0 Å². The minimum absolute atomic E-state index is 0.257. The summed E-state index contributed by atoms with van der Waals surface area (Å²) in [6.45, 7) is 0.772. The summed E-state index contributed by atoms with van der Waals surface area (Å²) in [5, 5.41) is 19.0. The fraction of sp³-hybridized carbons (Fsp3) is 0.857. The van der Waals surface area contributed by atoms with Gasteiger partial charge in [0, 0.05) is 18.8 Å². The van der Waals surface area contributed by atoms with E-state index in [0.29, 0.717) is 6.42 Å². The van der Waals surface area contributed by atoms with E-state index in [-0.39, 0.29) is 6.42 Å². The zero-order chi connectivity index (χ0) is 8.85. The van der Waals surface area contributed by atoms with Crippen molar-refractivity contribution in [2.45, 2.75) is 18.9 Å². The molecule has 0 aliphatic rings. The van der Waals surface area contributed by atoms with Crippen molar-refractivity contribution in [1.29, 1.82) is 0 Å². The molecule has 66 valence electrons. The number of nitrogens with one attached hydrogen (secondary N) is 1. The lowest BCUT2D eigenvalue weighted by molar-refractivity contribution is -0.858. The third kappa shape index (κ3) is 7.29. The topological polar surface area (TPSA) is 64.8 Å². The number of rotatable bonds is 5.